The molecule has 0 spiro atoms. The molecular formula is C20H22N2O3S. The molecule has 1 atom stereocenters. The van der Waals surface area contributed by atoms with Gasteiger partial charge >= 0.3 is 5.97 Å². The predicted octanol–water partition coefficient (Wildman–Crippen LogP) is 4.42. The summed E-state index contributed by atoms with van der Waals surface area (Å²) < 4.78 is 6.66. The molecule has 1 aromatic carbocycles. The molecule has 5 nitrogen and oxygen atoms in total. The highest BCUT2D eigenvalue weighted by Gasteiger charge is 2.21. The summed E-state index contributed by atoms with van der Waals surface area (Å²) in [6, 6.07) is 9.02. The number of esters is 1. The van der Waals surface area contributed by atoms with Crippen LogP contribution in [0.4, 0.5) is 0 Å². The minimum atomic E-state index is -0.704. The summed E-state index contributed by atoms with van der Waals surface area (Å²) >= 11 is 1.43. The summed E-state index contributed by atoms with van der Waals surface area (Å²) in [5.74, 6) is -0.402. The quantitative estimate of drug-likeness (QED) is 0.456. The van der Waals surface area contributed by atoms with Crippen molar-refractivity contribution in [3.05, 3.63) is 52.4 Å². The van der Waals surface area contributed by atoms with Crippen molar-refractivity contribution in [2.75, 3.05) is 6.61 Å². The molecule has 3 aromatic rings. The third-order valence-corrected chi connectivity index (χ3v) is 5.24. The van der Waals surface area contributed by atoms with E-state index in [4.69, 9.17) is 4.74 Å². The van der Waals surface area contributed by atoms with Crippen molar-refractivity contribution in [3.8, 4) is 11.1 Å². The van der Waals surface area contributed by atoms with Crippen molar-refractivity contribution in [1.82, 2.24) is 9.55 Å². The lowest BCUT2D eigenvalue weighted by atomic mass is 10.1. The lowest BCUT2D eigenvalue weighted by Crippen LogP contribution is -2.29. The van der Waals surface area contributed by atoms with E-state index < -0.39 is 12.0 Å². The van der Waals surface area contributed by atoms with Crippen molar-refractivity contribution >= 4 is 27.5 Å². The zero-order valence-corrected chi connectivity index (χ0v) is 15.8. The first-order valence-corrected chi connectivity index (χ1v) is 9.71. The Morgan fingerprint density at radius 3 is 2.77 bits per heavy atom. The van der Waals surface area contributed by atoms with Crippen molar-refractivity contribution in [3.63, 3.8) is 0 Å². The first-order chi connectivity index (χ1) is 12.6. The average Bonchev–Trinajstić information content (AvgIpc) is 3.10. The number of unbranched alkanes of at least 4 members (excludes halogenated alkanes) is 2. The van der Waals surface area contributed by atoms with Crippen LogP contribution in [-0.2, 0) is 9.53 Å². The number of carbonyl (C=O) groups excluding carboxylic acids is 1. The number of thiophene rings is 1. The maximum absolute atomic E-state index is 13.0. The second kappa shape index (κ2) is 8.27. The van der Waals surface area contributed by atoms with E-state index in [-0.39, 0.29) is 5.56 Å². The molecule has 0 radical (unpaired) electrons. The maximum Gasteiger partial charge on any atom is 0.328 e. The number of aromatic nitrogens is 2. The van der Waals surface area contributed by atoms with Gasteiger partial charge in [-0.15, -0.1) is 11.3 Å². The van der Waals surface area contributed by atoms with Crippen LogP contribution in [0, 0.1) is 0 Å². The van der Waals surface area contributed by atoms with Gasteiger partial charge in [0.05, 0.1) is 18.3 Å². The zero-order chi connectivity index (χ0) is 18.5. The van der Waals surface area contributed by atoms with Gasteiger partial charge in [-0.05, 0) is 18.9 Å². The molecule has 136 valence electrons. The zero-order valence-electron chi connectivity index (χ0n) is 15.0. The molecule has 0 saturated carbocycles. The number of ether oxygens (including phenoxy) is 1. The molecule has 1 unspecified atom stereocenters. The van der Waals surface area contributed by atoms with Gasteiger partial charge < -0.3 is 4.74 Å². The maximum atomic E-state index is 13.0. The van der Waals surface area contributed by atoms with Gasteiger partial charge in [0.25, 0.3) is 5.56 Å². The topological polar surface area (TPSA) is 61.2 Å². The van der Waals surface area contributed by atoms with Crippen LogP contribution in [0.3, 0.4) is 0 Å². The van der Waals surface area contributed by atoms with E-state index >= 15 is 0 Å². The summed E-state index contributed by atoms with van der Waals surface area (Å²) in [6.07, 6.45) is 4.36. The van der Waals surface area contributed by atoms with Crippen LogP contribution in [0.2, 0.25) is 0 Å². The molecule has 6 heteroatoms. The van der Waals surface area contributed by atoms with Crippen molar-refractivity contribution in [2.24, 2.45) is 0 Å². The van der Waals surface area contributed by atoms with Gasteiger partial charge in [-0.3, -0.25) is 9.36 Å². The second-order valence-corrected chi connectivity index (χ2v) is 7.06. The first-order valence-electron chi connectivity index (χ1n) is 8.84. The number of fused-ring (bicyclic) bond motifs is 1. The third-order valence-electron chi connectivity index (χ3n) is 4.35. The van der Waals surface area contributed by atoms with Crippen LogP contribution in [0.15, 0.2) is 46.8 Å². The van der Waals surface area contributed by atoms with Gasteiger partial charge in [0.2, 0.25) is 0 Å². The molecule has 2 aromatic heterocycles. The molecule has 0 aliphatic heterocycles. The molecule has 3 rings (SSSR count). The smallest absolute Gasteiger partial charge is 0.328 e. The summed E-state index contributed by atoms with van der Waals surface area (Å²) in [4.78, 5) is 30.4. The third kappa shape index (κ3) is 3.70. The highest BCUT2D eigenvalue weighted by Crippen LogP contribution is 2.30. The summed E-state index contributed by atoms with van der Waals surface area (Å²) in [5.41, 5.74) is 1.60. The molecule has 0 bridgehead atoms. The SMILES string of the molecule is CCCCCOC(=O)C(C)n1cnc2scc(-c3ccccc3)c2c1=O. The summed E-state index contributed by atoms with van der Waals surface area (Å²) in [5, 5.41) is 2.49. The van der Waals surface area contributed by atoms with Gasteiger partial charge in [0.1, 0.15) is 10.9 Å². The van der Waals surface area contributed by atoms with E-state index in [1.165, 1.54) is 22.2 Å². The van der Waals surface area contributed by atoms with E-state index in [1.807, 2.05) is 35.7 Å². The number of hydrogen-bond donors (Lipinski definition) is 0. The Hall–Kier alpha value is -2.47. The van der Waals surface area contributed by atoms with E-state index in [0.717, 1.165) is 30.4 Å². The van der Waals surface area contributed by atoms with Crippen LogP contribution >= 0.6 is 11.3 Å². The number of nitrogens with zero attached hydrogens (tertiary/aromatic N) is 2. The van der Waals surface area contributed by atoms with Crippen molar-refractivity contribution in [1.29, 1.82) is 0 Å². The Morgan fingerprint density at radius 1 is 1.27 bits per heavy atom. The number of benzene rings is 1. The number of carbonyl (C=O) groups is 1. The number of hydrogen-bond acceptors (Lipinski definition) is 5. The average molecular weight is 370 g/mol. The van der Waals surface area contributed by atoms with Gasteiger partial charge in [-0.1, -0.05) is 50.1 Å². The number of rotatable bonds is 7. The second-order valence-electron chi connectivity index (χ2n) is 6.20. The Labute approximate surface area is 156 Å². The molecule has 0 aliphatic rings. The summed E-state index contributed by atoms with van der Waals surface area (Å²) in [7, 11) is 0. The highest BCUT2D eigenvalue weighted by atomic mass is 32.1. The lowest BCUT2D eigenvalue weighted by Gasteiger charge is -2.14. The molecule has 0 N–H and O–H groups in total. The fraction of sp³-hybridized carbons (Fsp3) is 0.350. The highest BCUT2D eigenvalue weighted by molar-refractivity contribution is 7.17. The van der Waals surface area contributed by atoms with E-state index in [1.54, 1.807) is 6.92 Å². The fourth-order valence-electron chi connectivity index (χ4n) is 2.81. The molecular weight excluding hydrogens is 348 g/mol. The Bertz CT molecular complexity index is 947. The van der Waals surface area contributed by atoms with Crippen LogP contribution < -0.4 is 5.56 Å². The van der Waals surface area contributed by atoms with E-state index in [9.17, 15) is 9.59 Å². The molecule has 0 saturated heterocycles. The normalized spacial score (nSPS) is 12.2. The largest absolute Gasteiger partial charge is 0.464 e. The van der Waals surface area contributed by atoms with Crippen LogP contribution in [-0.4, -0.2) is 22.1 Å². The van der Waals surface area contributed by atoms with Crippen molar-refractivity contribution < 1.29 is 9.53 Å². The minimum absolute atomic E-state index is 0.215. The van der Waals surface area contributed by atoms with Crippen LogP contribution in [0.25, 0.3) is 21.3 Å². The van der Waals surface area contributed by atoms with Gasteiger partial charge in [0, 0.05) is 10.9 Å². The minimum Gasteiger partial charge on any atom is -0.464 e. The molecule has 0 amide bonds. The first kappa shape index (κ1) is 18.3. The molecule has 0 fully saturated rings. The Balaban J connectivity index is 1.91. The van der Waals surface area contributed by atoms with Crippen LogP contribution in [0.1, 0.15) is 39.2 Å². The predicted molar refractivity (Wildman–Crippen MR) is 105 cm³/mol. The Morgan fingerprint density at radius 2 is 2.04 bits per heavy atom. The van der Waals surface area contributed by atoms with Crippen LogP contribution in [0.5, 0.6) is 0 Å². The summed E-state index contributed by atoms with van der Waals surface area (Å²) in [6.45, 7) is 4.15. The molecule has 2 heterocycles. The standard InChI is InChI=1S/C20H22N2O3S/c1-3-4-8-11-25-20(24)14(2)22-13-21-18-17(19(22)23)16(12-26-18)15-9-6-5-7-10-15/h5-7,9-10,12-14H,3-4,8,11H2,1-2H3. The van der Waals surface area contributed by atoms with Gasteiger partial charge in [0.15, 0.2) is 0 Å². The monoisotopic (exact) mass is 370 g/mol. The van der Waals surface area contributed by atoms with E-state index in [0.29, 0.717) is 16.8 Å². The lowest BCUT2D eigenvalue weighted by molar-refractivity contribution is -0.147. The molecule has 26 heavy (non-hydrogen) atoms. The molecule has 0 aliphatic carbocycles. The Kier molecular flexibility index (Phi) is 5.83. The van der Waals surface area contributed by atoms with Gasteiger partial charge in [-0.25, -0.2) is 9.78 Å². The van der Waals surface area contributed by atoms with Crippen molar-refractivity contribution in [2.45, 2.75) is 39.2 Å². The van der Waals surface area contributed by atoms with E-state index in [2.05, 4.69) is 11.9 Å². The van der Waals surface area contributed by atoms with Gasteiger partial charge in [-0.2, -0.15) is 0 Å². The fourth-order valence-corrected chi connectivity index (χ4v) is 3.72.